The van der Waals surface area contributed by atoms with Gasteiger partial charge in [0.25, 0.3) is 0 Å². The number of nitrogens with two attached hydrogens (primary N) is 1. The molecule has 0 saturated carbocycles. The summed E-state index contributed by atoms with van der Waals surface area (Å²) in [6.45, 7) is 1.87. The van der Waals surface area contributed by atoms with Crippen molar-refractivity contribution in [2.45, 2.75) is 50.5 Å². The van der Waals surface area contributed by atoms with E-state index >= 15 is 0 Å². The highest BCUT2D eigenvalue weighted by atomic mass is 19.4. The molecular formula is C11H21F3N2O. The van der Waals surface area contributed by atoms with Gasteiger partial charge >= 0.3 is 6.18 Å². The van der Waals surface area contributed by atoms with Crippen LogP contribution in [0.4, 0.5) is 13.2 Å². The molecule has 3 nitrogen and oxygen atoms in total. The first-order valence-corrected chi connectivity index (χ1v) is 6.14. The Morgan fingerprint density at radius 2 is 1.88 bits per heavy atom. The van der Waals surface area contributed by atoms with Gasteiger partial charge in [0.1, 0.15) is 0 Å². The minimum atomic E-state index is -4.02. The summed E-state index contributed by atoms with van der Waals surface area (Å²) < 4.78 is 41.1. The van der Waals surface area contributed by atoms with Crippen LogP contribution in [0.3, 0.4) is 0 Å². The summed E-state index contributed by atoms with van der Waals surface area (Å²) in [5.74, 6) is 0. The van der Waals surface area contributed by atoms with Gasteiger partial charge < -0.3 is 15.8 Å². The van der Waals surface area contributed by atoms with Crippen molar-refractivity contribution < 1.29 is 17.9 Å². The molecule has 1 heterocycles. The van der Waals surface area contributed by atoms with Crippen molar-refractivity contribution in [1.82, 2.24) is 5.32 Å². The van der Waals surface area contributed by atoms with Crippen molar-refractivity contribution in [2.75, 3.05) is 19.6 Å². The lowest BCUT2D eigenvalue weighted by Crippen LogP contribution is -2.29. The maximum Gasteiger partial charge on any atom is 0.389 e. The van der Waals surface area contributed by atoms with Gasteiger partial charge in [-0.05, 0) is 32.2 Å². The molecule has 0 aromatic rings. The van der Waals surface area contributed by atoms with Crippen LogP contribution < -0.4 is 11.1 Å². The fourth-order valence-electron chi connectivity index (χ4n) is 1.94. The summed E-state index contributed by atoms with van der Waals surface area (Å²) in [5, 5.41) is 3.13. The van der Waals surface area contributed by atoms with Gasteiger partial charge in [-0.25, -0.2) is 0 Å². The molecule has 0 bridgehead atoms. The highest BCUT2D eigenvalue weighted by Crippen LogP contribution is 2.22. The van der Waals surface area contributed by atoms with E-state index in [0.29, 0.717) is 26.1 Å². The summed E-state index contributed by atoms with van der Waals surface area (Å²) in [6.07, 6.45) is -1.68. The molecule has 102 valence electrons. The van der Waals surface area contributed by atoms with Crippen LogP contribution in [-0.4, -0.2) is 38.0 Å². The zero-order valence-corrected chi connectivity index (χ0v) is 9.93. The van der Waals surface area contributed by atoms with Crippen molar-refractivity contribution in [1.29, 1.82) is 0 Å². The fraction of sp³-hybridized carbons (Fsp3) is 1.00. The lowest BCUT2D eigenvalue weighted by Gasteiger charge is -2.13. The van der Waals surface area contributed by atoms with Gasteiger partial charge in [-0.15, -0.1) is 0 Å². The normalized spacial score (nSPS) is 25.4. The average Bonchev–Trinajstić information content (AvgIpc) is 2.69. The lowest BCUT2D eigenvalue weighted by atomic mass is 10.2. The van der Waals surface area contributed by atoms with Crippen molar-refractivity contribution in [3.8, 4) is 0 Å². The summed E-state index contributed by atoms with van der Waals surface area (Å²) >= 11 is 0. The molecule has 0 aromatic heterocycles. The van der Waals surface area contributed by atoms with E-state index in [9.17, 15) is 13.2 Å². The first-order valence-electron chi connectivity index (χ1n) is 6.14. The number of ether oxygens (including phenoxy) is 1. The minimum Gasteiger partial charge on any atom is -0.372 e. The zero-order valence-electron chi connectivity index (χ0n) is 9.93. The largest absolute Gasteiger partial charge is 0.389 e. The molecule has 0 aromatic carbocycles. The van der Waals surface area contributed by atoms with Crippen LogP contribution in [0.1, 0.15) is 32.1 Å². The molecule has 1 aliphatic rings. The second-order valence-corrected chi connectivity index (χ2v) is 4.47. The molecular weight excluding hydrogens is 233 g/mol. The number of rotatable bonds is 7. The molecule has 6 heteroatoms. The molecule has 0 amide bonds. The minimum absolute atomic E-state index is 0.159. The SMILES string of the molecule is NCC1CCC(CNCCCCC(F)(F)F)O1. The molecule has 1 fully saturated rings. The van der Waals surface area contributed by atoms with E-state index in [-0.39, 0.29) is 18.6 Å². The Morgan fingerprint density at radius 3 is 2.47 bits per heavy atom. The van der Waals surface area contributed by atoms with Crippen LogP contribution in [-0.2, 0) is 4.74 Å². The monoisotopic (exact) mass is 254 g/mol. The van der Waals surface area contributed by atoms with E-state index in [1.807, 2.05) is 0 Å². The predicted molar refractivity (Wildman–Crippen MR) is 59.7 cm³/mol. The average molecular weight is 254 g/mol. The third-order valence-electron chi connectivity index (χ3n) is 2.89. The van der Waals surface area contributed by atoms with Crippen molar-refractivity contribution in [3.63, 3.8) is 0 Å². The zero-order chi connectivity index (χ0) is 12.7. The van der Waals surface area contributed by atoms with Crippen LogP contribution in [0, 0.1) is 0 Å². The molecule has 0 aliphatic carbocycles. The molecule has 1 rings (SSSR count). The van der Waals surface area contributed by atoms with Gasteiger partial charge in [0.2, 0.25) is 0 Å². The Kier molecular flexibility index (Phi) is 6.22. The van der Waals surface area contributed by atoms with Crippen molar-refractivity contribution in [2.24, 2.45) is 5.73 Å². The highest BCUT2D eigenvalue weighted by molar-refractivity contribution is 4.75. The summed E-state index contributed by atoms with van der Waals surface area (Å²) in [4.78, 5) is 0. The van der Waals surface area contributed by atoms with Crippen LogP contribution in [0.2, 0.25) is 0 Å². The Balaban J connectivity index is 1.91. The quantitative estimate of drug-likeness (QED) is 0.681. The number of nitrogens with one attached hydrogen (secondary N) is 1. The first-order chi connectivity index (χ1) is 8.01. The summed E-state index contributed by atoms with van der Waals surface area (Å²) in [7, 11) is 0. The maximum absolute atomic E-state index is 11.8. The molecule has 1 saturated heterocycles. The standard InChI is InChI=1S/C11H21F3N2O/c12-11(13,14)5-1-2-6-16-8-10-4-3-9(7-15)17-10/h9-10,16H,1-8,15H2. The molecule has 0 spiro atoms. The smallest absolute Gasteiger partial charge is 0.372 e. The van der Waals surface area contributed by atoms with Crippen LogP contribution in [0.25, 0.3) is 0 Å². The maximum atomic E-state index is 11.8. The molecule has 1 aliphatic heterocycles. The van der Waals surface area contributed by atoms with Crippen LogP contribution in [0.5, 0.6) is 0 Å². The van der Waals surface area contributed by atoms with Crippen LogP contribution >= 0.6 is 0 Å². The third kappa shape index (κ3) is 6.85. The molecule has 2 unspecified atom stereocenters. The fourth-order valence-corrected chi connectivity index (χ4v) is 1.94. The Morgan fingerprint density at radius 1 is 1.18 bits per heavy atom. The van der Waals surface area contributed by atoms with E-state index in [0.717, 1.165) is 12.8 Å². The molecule has 17 heavy (non-hydrogen) atoms. The van der Waals surface area contributed by atoms with E-state index in [1.54, 1.807) is 0 Å². The summed E-state index contributed by atoms with van der Waals surface area (Å²) in [6, 6.07) is 0. The highest BCUT2D eigenvalue weighted by Gasteiger charge is 2.26. The second kappa shape index (κ2) is 7.18. The number of unbranched alkanes of at least 4 members (excludes halogenated alkanes) is 1. The topological polar surface area (TPSA) is 47.3 Å². The van der Waals surface area contributed by atoms with Gasteiger partial charge in [-0.1, -0.05) is 0 Å². The van der Waals surface area contributed by atoms with Gasteiger partial charge in [-0.3, -0.25) is 0 Å². The number of hydrogen-bond acceptors (Lipinski definition) is 3. The lowest BCUT2D eigenvalue weighted by molar-refractivity contribution is -0.135. The van der Waals surface area contributed by atoms with Crippen LogP contribution in [0.15, 0.2) is 0 Å². The number of halogens is 3. The number of alkyl halides is 3. The Labute approximate surface area is 99.9 Å². The molecule has 0 radical (unpaired) electrons. The first kappa shape index (κ1) is 14.7. The van der Waals surface area contributed by atoms with Gasteiger partial charge in [0, 0.05) is 19.5 Å². The van der Waals surface area contributed by atoms with Crippen molar-refractivity contribution >= 4 is 0 Å². The van der Waals surface area contributed by atoms with Gasteiger partial charge in [0.15, 0.2) is 0 Å². The predicted octanol–water partition coefficient (Wildman–Crippen LogP) is 1.81. The van der Waals surface area contributed by atoms with E-state index in [2.05, 4.69) is 5.32 Å². The second-order valence-electron chi connectivity index (χ2n) is 4.47. The third-order valence-corrected chi connectivity index (χ3v) is 2.89. The number of hydrogen-bond donors (Lipinski definition) is 2. The Hall–Kier alpha value is -0.330. The van der Waals surface area contributed by atoms with Gasteiger partial charge in [-0.2, -0.15) is 13.2 Å². The van der Waals surface area contributed by atoms with E-state index in [1.165, 1.54) is 0 Å². The molecule has 2 atom stereocenters. The Bertz CT molecular complexity index is 211. The van der Waals surface area contributed by atoms with Crippen molar-refractivity contribution in [3.05, 3.63) is 0 Å². The molecule has 3 N–H and O–H groups in total. The van der Waals surface area contributed by atoms with E-state index < -0.39 is 12.6 Å². The summed E-state index contributed by atoms with van der Waals surface area (Å²) in [5.41, 5.74) is 5.48. The van der Waals surface area contributed by atoms with E-state index in [4.69, 9.17) is 10.5 Å². The van der Waals surface area contributed by atoms with Gasteiger partial charge in [0.05, 0.1) is 12.2 Å².